The van der Waals surface area contributed by atoms with E-state index in [2.05, 4.69) is 40.7 Å². The predicted octanol–water partition coefficient (Wildman–Crippen LogP) is 5.52. The molecule has 0 bridgehead atoms. The van der Waals surface area contributed by atoms with Crippen LogP contribution in [-0.2, 0) is 4.79 Å². The maximum atomic E-state index is 12.8. The summed E-state index contributed by atoms with van der Waals surface area (Å²) in [4.78, 5) is 12.8. The second-order valence-electron chi connectivity index (χ2n) is 15.3. The van der Waals surface area contributed by atoms with Crippen molar-refractivity contribution in [2.45, 2.75) is 118 Å². The molecule has 5 nitrogen and oxygen atoms in total. The molecule has 4 N–H and O–H groups in total. The van der Waals surface area contributed by atoms with Crippen LogP contribution in [-0.4, -0.2) is 38.3 Å². The smallest absolute Gasteiger partial charge is 0.310 e. The highest BCUT2D eigenvalue weighted by atomic mass is 16.5. The van der Waals surface area contributed by atoms with E-state index in [-0.39, 0.29) is 33.5 Å². The molecular weight excluding hydrogens is 440 g/mol. The zero-order valence-corrected chi connectivity index (χ0v) is 22.9. The van der Waals surface area contributed by atoms with Gasteiger partial charge in [0.2, 0.25) is 0 Å². The van der Waals surface area contributed by atoms with Gasteiger partial charge in [-0.3, -0.25) is 4.79 Å². The van der Waals surface area contributed by atoms with Crippen LogP contribution >= 0.6 is 0 Å². The fourth-order valence-corrected chi connectivity index (χ4v) is 10.7. The number of carboxylic acid groups (broad SMARTS) is 1. The van der Waals surface area contributed by atoms with Gasteiger partial charge in [0.1, 0.15) is 6.10 Å². The molecule has 5 aliphatic carbocycles. The summed E-state index contributed by atoms with van der Waals surface area (Å²) < 4.78 is 0. The van der Waals surface area contributed by atoms with Crippen molar-refractivity contribution in [3.8, 4) is 0 Å². The first-order valence-corrected chi connectivity index (χ1v) is 14.0. The van der Waals surface area contributed by atoms with Crippen LogP contribution in [0.5, 0.6) is 0 Å². The zero-order valence-electron chi connectivity index (χ0n) is 22.9. The second-order valence-corrected chi connectivity index (χ2v) is 15.3. The summed E-state index contributed by atoms with van der Waals surface area (Å²) in [6.07, 6.45) is 8.72. The molecule has 35 heavy (non-hydrogen) atoms. The van der Waals surface area contributed by atoms with Crippen LogP contribution in [0.3, 0.4) is 0 Å². The van der Waals surface area contributed by atoms with Crippen LogP contribution in [0.25, 0.3) is 0 Å². The fraction of sp³-hybridized carbons (Fsp3) is 0.900. The molecule has 0 spiro atoms. The molecule has 0 aliphatic heterocycles. The number of fused-ring (bicyclic) bond motifs is 7. The van der Waals surface area contributed by atoms with Crippen molar-refractivity contribution >= 4 is 5.97 Å². The highest BCUT2D eigenvalue weighted by Gasteiger charge is 2.72. The van der Waals surface area contributed by atoms with Gasteiger partial charge in [0.25, 0.3) is 0 Å². The van der Waals surface area contributed by atoms with Gasteiger partial charge in [-0.2, -0.15) is 0 Å². The summed E-state index contributed by atoms with van der Waals surface area (Å²) in [7, 11) is 0. The number of aliphatic carboxylic acids is 1. The van der Waals surface area contributed by atoms with Gasteiger partial charge in [-0.05, 0) is 97.2 Å². The standard InChI is InChI=1S/C30H48O5/c1-24(2)12-14-29(23(32)33)15-13-27(6)18(19(29)16-24)8-9-21-26(5)17-22(31)30(34,35)25(3,4)20(26)10-11-28(21,27)7/h8,19-22,31,34-35H,9-17H2,1-7H3,(H,32,33)/t19-,20?,21+,22?,26-,27+,28+,29-/m0/s1. The fourth-order valence-electron chi connectivity index (χ4n) is 10.7. The number of carboxylic acids is 1. The largest absolute Gasteiger partial charge is 0.481 e. The normalized spacial score (nSPS) is 51.7. The molecule has 8 atom stereocenters. The molecule has 0 heterocycles. The Balaban J connectivity index is 1.61. The van der Waals surface area contributed by atoms with E-state index >= 15 is 0 Å². The summed E-state index contributed by atoms with van der Waals surface area (Å²) in [5.74, 6) is -2.21. The Morgan fingerprint density at radius 3 is 2.14 bits per heavy atom. The first-order chi connectivity index (χ1) is 15.9. The number of carbonyl (C=O) groups is 1. The molecule has 4 fully saturated rings. The van der Waals surface area contributed by atoms with Gasteiger partial charge in [0.05, 0.1) is 5.41 Å². The van der Waals surface area contributed by atoms with Crippen molar-refractivity contribution in [3.05, 3.63) is 11.6 Å². The van der Waals surface area contributed by atoms with E-state index in [0.717, 1.165) is 51.4 Å². The van der Waals surface area contributed by atoms with E-state index in [1.165, 1.54) is 5.57 Å². The van der Waals surface area contributed by atoms with Crippen molar-refractivity contribution in [3.63, 3.8) is 0 Å². The average molecular weight is 489 g/mol. The van der Waals surface area contributed by atoms with Crippen LogP contribution in [0.15, 0.2) is 11.6 Å². The number of allylic oxidation sites excluding steroid dienone is 2. The van der Waals surface area contributed by atoms with Crippen LogP contribution in [0.4, 0.5) is 0 Å². The minimum absolute atomic E-state index is 0.0186. The molecule has 198 valence electrons. The van der Waals surface area contributed by atoms with E-state index in [0.29, 0.717) is 12.3 Å². The number of hydrogen-bond donors (Lipinski definition) is 4. The minimum atomic E-state index is -2.09. The van der Waals surface area contributed by atoms with Gasteiger partial charge in [0.15, 0.2) is 5.79 Å². The Labute approximate surface area is 211 Å². The van der Waals surface area contributed by atoms with Crippen LogP contribution < -0.4 is 0 Å². The molecule has 5 heteroatoms. The topological polar surface area (TPSA) is 98.0 Å². The Kier molecular flexibility index (Phi) is 5.25. The van der Waals surface area contributed by atoms with Crippen molar-refractivity contribution in [2.24, 2.45) is 50.2 Å². The summed E-state index contributed by atoms with van der Waals surface area (Å²) in [6.45, 7) is 15.6. The molecule has 0 amide bonds. The van der Waals surface area contributed by atoms with E-state index in [1.54, 1.807) is 0 Å². The molecule has 2 unspecified atom stereocenters. The summed E-state index contributed by atoms with van der Waals surface area (Å²) in [5, 5.41) is 43.3. The lowest BCUT2D eigenvalue weighted by molar-refractivity contribution is -0.351. The molecule has 0 aromatic rings. The maximum absolute atomic E-state index is 12.8. The third kappa shape index (κ3) is 2.95. The Hall–Kier alpha value is -0.910. The molecular formula is C30H48O5. The van der Waals surface area contributed by atoms with Gasteiger partial charge in [-0.1, -0.05) is 60.1 Å². The van der Waals surface area contributed by atoms with Crippen LogP contribution in [0, 0.1) is 50.2 Å². The third-order valence-electron chi connectivity index (χ3n) is 13.2. The third-order valence-corrected chi connectivity index (χ3v) is 13.2. The zero-order chi connectivity index (χ0) is 26.0. The van der Waals surface area contributed by atoms with Crippen molar-refractivity contribution < 1.29 is 25.2 Å². The first-order valence-electron chi connectivity index (χ1n) is 14.0. The van der Waals surface area contributed by atoms with Crippen molar-refractivity contribution in [1.82, 2.24) is 0 Å². The molecule has 0 aromatic carbocycles. The number of aliphatic hydroxyl groups is 3. The molecule has 0 saturated heterocycles. The lowest BCUT2D eigenvalue weighted by atomic mass is 9.33. The van der Waals surface area contributed by atoms with E-state index in [4.69, 9.17) is 0 Å². The SMILES string of the molecule is CC1(C)CC[C@]2(C(=O)O)CC[C@]3(C)C(=CC[C@@H]4[C@@]5(C)CC(O)C(O)(O)C(C)(C)C5CC[C@]43C)[C@@H]2C1. The van der Waals surface area contributed by atoms with E-state index in [9.17, 15) is 25.2 Å². The molecule has 0 aromatic heterocycles. The summed E-state index contributed by atoms with van der Waals surface area (Å²) in [5.41, 5.74) is -0.228. The highest BCUT2D eigenvalue weighted by molar-refractivity contribution is 5.76. The molecule has 0 radical (unpaired) electrons. The summed E-state index contributed by atoms with van der Waals surface area (Å²) in [6, 6.07) is 0. The first kappa shape index (κ1) is 25.7. The molecule has 4 saturated carbocycles. The maximum Gasteiger partial charge on any atom is 0.310 e. The minimum Gasteiger partial charge on any atom is -0.481 e. The quantitative estimate of drug-likeness (QED) is 0.288. The van der Waals surface area contributed by atoms with Crippen molar-refractivity contribution in [2.75, 3.05) is 0 Å². The predicted molar refractivity (Wildman–Crippen MR) is 135 cm³/mol. The van der Waals surface area contributed by atoms with Gasteiger partial charge >= 0.3 is 5.97 Å². The average Bonchev–Trinajstić information content (AvgIpc) is 2.72. The van der Waals surface area contributed by atoms with E-state index in [1.807, 2.05) is 13.8 Å². The summed E-state index contributed by atoms with van der Waals surface area (Å²) >= 11 is 0. The van der Waals surface area contributed by atoms with Crippen molar-refractivity contribution in [1.29, 1.82) is 0 Å². The molecule has 5 aliphatic rings. The second kappa shape index (κ2) is 7.14. The number of rotatable bonds is 1. The van der Waals surface area contributed by atoms with Gasteiger partial charge in [-0.15, -0.1) is 0 Å². The number of hydrogen-bond acceptors (Lipinski definition) is 4. The van der Waals surface area contributed by atoms with E-state index < -0.39 is 28.7 Å². The number of aliphatic hydroxyl groups excluding tert-OH is 1. The lowest BCUT2D eigenvalue weighted by Crippen LogP contribution is -2.70. The monoisotopic (exact) mass is 488 g/mol. The Morgan fingerprint density at radius 1 is 0.886 bits per heavy atom. The Morgan fingerprint density at radius 2 is 1.51 bits per heavy atom. The van der Waals surface area contributed by atoms with Gasteiger partial charge in [0, 0.05) is 5.41 Å². The van der Waals surface area contributed by atoms with Crippen LogP contribution in [0.1, 0.15) is 106 Å². The van der Waals surface area contributed by atoms with Gasteiger partial charge < -0.3 is 20.4 Å². The highest BCUT2D eigenvalue weighted by Crippen LogP contribution is 2.76. The molecule has 5 rings (SSSR count). The van der Waals surface area contributed by atoms with Crippen LogP contribution in [0.2, 0.25) is 0 Å². The lowest BCUT2D eigenvalue weighted by Gasteiger charge is -2.72. The van der Waals surface area contributed by atoms with Gasteiger partial charge in [-0.25, -0.2) is 0 Å². The Bertz CT molecular complexity index is 964.